The minimum absolute atomic E-state index is 0. The number of nitrogens with two attached hydrogens (primary N) is 1. The fourth-order valence-corrected chi connectivity index (χ4v) is 2.56. The number of benzene rings is 1. The Kier molecular flexibility index (Phi) is 4.75. The molecule has 1 aliphatic carbocycles. The molecule has 0 aliphatic heterocycles. The van der Waals surface area contributed by atoms with Gasteiger partial charge in [-0.05, 0) is 42.9 Å². The van der Waals surface area contributed by atoms with Crippen molar-refractivity contribution in [1.29, 1.82) is 0 Å². The van der Waals surface area contributed by atoms with Crippen molar-refractivity contribution < 1.29 is 4.39 Å². The molecule has 0 spiro atoms. The minimum Gasteiger partial charge on any atom is -0.324 e. The molecule has 1 saturated carbocycles. The van der Waals surface area contributed by atoms with Crippen molar-refractivity contribution in [2.45, 2.75) is 38.6 Å². The third kappa shape index (κ3) is 2.55. The van der Waals surface area contributed by atoms with Gasteiger partial charge in [0.15, 0.2) is 0 Å². The molecule has 1 fully saturated rings. The van der Waals surface area contributed by atoms with E-state index < -0.39 is 0 Å². The second kappa shape index (κ2) is 5.65. The Balaban J connectivity index is 0.00000128. The van der Waals surface area contributed by atoms with Gasteiger partial charge in [0.25, 0.3) is 0 Å². The van der Waals surface area contributed by atoms with Crippen LogP contribution in [0.1, 0.15) is 42.9 Å². The van der Waals surface area contributed by atoms with Gasteiger partial charge in [-0.2, -0.15) is 0 Å². The van der Waals surface area contributed by atoms with Gasteiger partial charge in [-0.3, -0.25) is 0 Å². The van der Waals surface area contributed by atoms with Crippen LogP contribution in [0.5, 0.6) is 0 Å². The van der Waals surface area contributed by atoms with E-state index in [1.54, 1.807) is 6.07 Å². The lowest BCUT2D eigenvalue weighted by Gasteiger charge is -2.21. The number of rotatable bonds is 2. The number of halogens is 2. The van der Waals surface area contributed by atoms with Gasteiger partial charge in [-0.25, -0.2) is 4.39 Å². The summed E-state index contributed by atoms with van der Waals surface area (Å²) in [5.74, 6) is 0.409. The van der Waals surface area contributed by atoms with Crippen LogP contribution >= 0.6 is 12.4 Å². The smallest absolute Gasteiger partial charge is 0.126 e. The molecule has 2 N–H and O–H groups in total. The highest BCUT2D eigenvalue weighted by Crippen LogP contribution is 2.35. The van der Waals surface area contributed by atoms with Crippen LogP contribution in [0.2, 0.25) is 0 Å². The zero-order chi connectivity index (χ0) is 10.8. The molecule has 0 bridgehead atoms. The van der Waals surface area contributed by atoms with E-state index in [1.807, 2.05) is 13.0 Å². The molecule has 0 heterocycles. The van der Waals surface area contributed by atoms with E-state index in [9.17, 15) is 4.39 Å². The molecule has 0 amide bonds. The first kappa shape index (κ1) is 13.5. The Morgan fingerprint density at radius 3 is 2.56 bits per heavy atom. The van der Waals surface area contributed by atoms with Gasteiger partial charge < -0.3 is 5.73 Å². The van der Waals surface area contributed by atoms with E-state index in [0.717, 1.165) is 11.1 Å². The van der Waals surface area contributed by atoms with Gasteiger partial charge in [-0.15, -0.1) is 12.4 Å². The van der Waals surface area contributed by atoms with E-state index in [1.165, 1.54) is 31.7 Å². The molecule has 1 nitrogen and oxygen atoms in total. The predicted octanol–water partition coefficient (Wildman–Crippen LogP) is 3.75. The monoisotopic (exact) mass is 243 g/mol. The molecule has 1 aromatic carbocycles. The second-order valence-electron chi connectivity index (χ2n) is 4.52. The second-order valence-corrected chi connectivity index (χ2v) is 4.52. The first-order valence-electron chi connectivity index (χ1n) is 5.70. The molecule has 16 heavy (non-hydrogen) atoms. The van der Waals surface area contributed by atoms with Crippen molar-refractivity contribution in [3.63, 3.8) is 0 Å². The summed E-state index contributed by atoms with van der Waals surface area (Å²) in [6.45, 7) is 1.82. The highest BCUT2D eigenvalue weighted by Gasteiger charge is 2.24. The molecule has 3 heteroatoms. The number of hydrogen-bond donors (Lipinski definition) is 1. The Morgan fingerprint density at radius 2 is 1.94 bits per heavy atom. The molecule has 0 aromatic heterocycles. The van der Waals surface area contributed by atoms with Crippen molar-refractivity contribution in [1.82, 2.24) is 0 Å². The van der Waals surface area contributed by atoms with E-state index in [2.05, 4.69) is 0 Å². The molecule has 2 rings (SSSR count). The quantitative estimate of drug-likeness (QED) is 0.841. The Labute approximate surface area is 103 Å². The molecule has 1 aliphatic rings. The molecule has 1 atom stereocenters. The topological polar surface area (TPSA) is 26.0 Å². The average Bonchev–Trinajstić information content (AvgIpc) is 2.74. The van der Waals surface area contributed by atoms with Crippen LogP contribution in [0.3, 0.4) is 0 Å². The standard InChI is InChI=1S/C13H18FN.ClH/c1-9-11(7-4-8-12(9)14)13(15)10-5-2-3-6-10;/h4,7-8,10,13H,2-3,5-6,15H2,1H3;1H/t13-;/m1./s1. The van der Waals surface area contributed by atoms with Crippen LogP contribution in [0, 0.1) is 18.7 Å². The fraction of sp³-hybridized carbons (Fsp3) is 0.538. The summed E-state index contributed by atoms with van der Waals surface area (Å²) >= 11 is 0. The third-order valence-electron chi connectivity index (χ3n) is 3.58. The fourth-order valence-electron chi connectivity index (χ4n) is 2.56. The van der Waals surface area contributed by atoms with Crippen molar-refractivity contribution in [3.05, 3.63) is 35.1 Å². The van der Waals surface area contributed by atoms with Crippen LogP contribution in [-0.4, -0.2) is 0 Å². The first-order chi connectivity index (χ1) is 7.20. The molecule has 90 valence electrons. The maximum atomic E-state index is 13.4. The Hall–Kier alpha value is -0.600. The van der Waals surface area contributed by atoms with Gasteiger partial charge >= 0.3 is 0 Å². The molecule has 0 radical (unpaired) electrons. The van der Waals surface area contributed by atoms with Crippen molar-refractivity contribution in [2.75, 3.05) is 0 Å². The van der Waals surface area contributed by atoms with Crippen molar-refractivity contribution in [3.8, 4) is 0 Å². The maximum Gasteiger partial charge on any atom is 0.126 e. The van der Waals surface area contributed by atoms with E-state index in [-0.39, 0.29) is 24.3 Å². The SMILES string of the molecule is Cc1c(F)cccc1[C@H](N)C1CCCC1.Cl. The van der Waals surface area contributed by atoms with Crippen LogP contribution in [-0.2, 0) is 0 Å². The Morgan fingerprint density at radius 1 is 1.31 bits per heavy atom. The Bertz CT molecular complexity index is 348. The summed E-state index contributed by atoms with van der Waals surface area (Å²) in [5.41, 5.74) is 7.91. The van der Waals surface area contributed by atoms with Gasteiger partial charge in [0.1, 0.15) is 5.82 Å². The van der Waals surface area contributed by atoms with Gasteiger partial charge in [0, 0.05) is 6.04 Å². The van der Waals surface area contributed by atoms with Crippen molar-refractivity contribution >= 4 is 12.4 Å². The van der Waals surface area contributed by atoms with E-state index in [0.29, 0.717) is 5.92 Å². The maximum absolute atomic E-state index is 13.4. The summed E-state index contributed by atoms with van der Waals surface area (Å²) in [4.78, 5) is 0. The lowest BCUT2D eigenvalue weighted by molar-refractivity contribution is 0.441. The summed E-state index contributed by atoms with van der Waals surface area (Å²) in [6, 6.07) is 5.23. The van der Waals surface area contributed by atoms with Gasteiger partial charge in [0.05, 0.1) is 0 Å². The summed E-state index contributed by atoms with van der Waals surface area (Å²) in [6.07, 6.45) is 4.92. The largest absolute Gasteiger partial charge is 0.324 e. The molecular formula is C13H19ClFN. The van der Waals surface area contributed by atoms with E-state index >= 15 is 0 Å². The van der Waals surface area contributed by atoms with Crippen LogP contribution in [0.15, 0.2) is 18.2 Å². The normalized spacial score (nSPS) is 18.2. The van der Waals surface area contributed by atoms with Gasteiger partial charge in [0.2, 0.25) is 0 Å². The summed E-state index contributed by atoms with van der Waals surface area (Å²) in [5, 5.41) is 0. The predicted molar refractivity (Wildman–Crippen MR) is 67.3 cm³/mol. The molecule has 1 aromatic rings. The average molecular weight is 244 g/mol. The van der Waals surface area contributed by atoms with Crippen LogP contribution in [0.25, 0.3) is 0 Å². The van der Waals surface area contributed by atoms with Crippen LogP contribution < -0.4 is 5.73 Å². The lowest BCUT2D eigenvalue weighted by atomic mass is 9.90. The molecule has 0 unspecified atom stereocenters. The highest BCUT2D eigenvalue weighted by atomic mass is 35.5. The van der Waals surface area contributed by atoms with Crippen LogP contribution in [0.4, 0.5) is 4.39 Å². The zero-order valence-electron chi connectivity index (χ0n) is 9.58. The van der Waals surface area contributed by atoms with E-state index in [4.69, 9.17) is 5.73 Å². The zero-order valence-corrected chi connectivity index (χ0v) is 10.4. The highest BCUT2D eigenvalue weighted by molar-refractivity contribution is 5.85. The number of hydrogen-bond acceptors (Lipinski definition) is 1. The van der Waals surface area contributed by atoms with Gasteiger partial charge in [-0.1, -0.05) is 25.0 Å². The first-order valence-corrected chi connectivity index (χ1v) is 5.70. The summed E-state index contributed by atoms with van der Waals surface area (Å²) < 4.78 is 13.4. The molecule has 0 saturated heterocycles. The third-order valence-corrected chi connectivity index (χ3v) is 3.58. The summed E-state index contributed by atoms with van der Waals surface area (Å²) in [7, 11) is 0. The van der Waals surface area contributed by atoms with Crippen molar-refractivity contribution in [2.24, 2.45) is 11.7 Å². The molecular weight excluding hydrogens is 225 g/mol. The minimum atomic E-state index is -0.138. The lowest BCUT2D eigenvalue weighted by Crippen LogP contribution is -2.20.